The van der Waals surface area contributed by atoms with Crippen LogP contribution in [-0.4, -0.2) is 21.5 Å². The van der Waals surface area contributed by atoms with Crippen LogP contribution < -0.4 is 5.32 Å². The molecule has 0 amide bonds. The summed E-state index contributed by atoms with van der Waals surface area (Å²) >= 11 is 1.64. The second kappa shape index (κ2) is 5.77. The van der Waals surface area contributed by atoms with Crippen LogP contribution in [0.3, 0.4) is 0 Å². The molecule has 108 valence electrons. The number of rotatable bonds is 4. The Hall–Kier alpha value is -2.01. The number of fused-ring (bicyclic) bond motifs is 1. The molecule has 0 fully saturated rings. The third-order valence-corrected chi connectivity index (χ3v) is 4.32. The Labute approximate surface area is 128 Å². The second-order valence-corrected chi connectivity index (χ2v) is 6.19. The molecule has 0 saturated carbocycles. The van der Waals surface area contributed by atoms with Crippen molar-refractivity contribution in [3.63, 3.8) is 0 Å². The predicted octanol–water partition coefficient (Wildman–Crippen LogP) is 4.19. The number of nitrogens with one attached hydrogen (secondary N) is 1. The number of hydrogen-bond donors (Lipinski definition) is 1. The zero-order valence-electron chi connectivity index (χ0n) is 12.5. The van der Waals surface area contributed by atoms with Gasteiger partial charge in [-0.05, 0) is 32.4 Å². The van der Waals surface area contributed by atoms with Gasteiger partial charge in [0, 0.05) is 11.9 Å². The lowest BCUT2D eigenvalue weighted by Gasteiger charge is -2.09. The Kier molecular flexibility index (Phi) is 3.84. The average Bonchev–Trinajstić information content (AvgIpc) is 2.83. The Morgan fingerprint density at radius 3 is 2.62 bits per heavy atom. The van der Waals surface area contributed by atoms with Crippen LogP contribution >= 0.6 is 11.3 Å². The molecule has 0 bridgehead atoms. The highest BCUT2D eigenvalue weighted by atomic mass is 32.1. The minimum atomic E-state index is 0.760. The van der Waals surface area contributed by atoms with Crippen molar-refractivity contribution < 1.29 is 0 Å². The third-order valence-electron chi connectivity index (χ3n) is 3.25. The minimum Gasteiger partial charge on any atom is -0.369 e. The molecule has 3 aromatic rings. The molecule has 0 unspecified atom stereocenters. The number of thiazole rings is 1. The number of aromatic nitrogens is 3. The van der Waals surface area contributed by atoms with Crippen LogP contribution in [0.5, 0.6) is 0 Å². The molecule has 0 aliphatic carbocycles. The van der Waals surface area contributed by atoms with Gasteiger partial charge in [-0.25, -0.2) is 15.0 Å². The first-order chi connectivity index (χ1) is 10.2. The fourth-order valence-corrected chi connectivity index (χ4v) is 3.15. The molecule has 4 nitrogen and oxygen atoms in total. The highest BCUT2D eigenvalue weighted by Crippen LogP contribution is 2.30. The van der Waals surface area contributed by atoms with E-state index in [9.17, 15) is 0 Å². The molecule has 0 atom stereocenters. The van der Waals surface area contributed by atoms with E-state index in [1.807, 2.05) is 32.0 Å². The van der Waals surface area contributed by atoms with Crippen LogP contribution in [-0.2, 0) is 0 Å². The molecule has 2 heterocycles. The van der Waals surface area contributed by atoms with Gasteiger partial charge in [-0.2, -0.15) is 0 Å². The van der Waals surface area contributed by atoms with E-state index in [1.165, 1.54) is 0 Å². The van der Waals surface area contributed by atoms with Crippen molar-refractivity contribution in [1.29, 1.82) is 0 Å². The lowest BCUT2D eigenvalue weighted by Crippen LogP contribution is -2.04. The maximum atomic E-state index is 4.73. The summed E-state index contributed by atoms with van der Waals surface area (Å²) in [5, 5.41) is 5.51. The Morgan fingerprint density at radius 2 is 1.90 bits per heavy atom. The van der Waals surface area contributed by atoms with Crippen molar-refractivity contribution in [3.05, 3.63) is 35.0 Å². The quantitative estimate of drug-likeness (QED) is 0.784. The summed E-state index contributed by atoms with van der Waals surface area (Å²) in [6.07, 6.45) is 1.06. The van der Waals surface area contributed by atoms with Crippen LogP contribution in [0.2, 0.25) is 0 Å². The van der Waals surface area contributed by atoms with Crippen molar-refractivity contribution >= 4 is 28.1 Å². The topological polar surface area (TPSA) is 50.7 Å². The van der Waals surface area contributed by atoms with E-state index < -0.39 is 0 Å². The van der Waals surface area contributed by atoms with Crippen LogP contribution in [0.4, 0.5) is 5.82 Å². The molecule has 2 aromatic heterocycles. The highest BCUT2D eigenvalue weighted by molar-refractivity contribution is 7.15. The Morgan fingerprint density at radius 1 is 1.10 bits per heavy atom. The summed E-state index contributed by atoms with van der Waals surface area (Å²) in [4.78, 5) is 15.0. The van der Waals surface area contributed by atoms with Gasteiger partial charge in [0.1, 0.15) is 5.82 Å². The summed E-state index contributed by atoms with van der Waals surface area (Å²) in [5.74, 6) is 1.67. The van der Waals surface area contributed by atoms with E-state index in [-0.39, 0.29) is 0 Å². The third kappa shape index (κ3) is 2.74. The monoisotopic (exact) mass is 298 g/mol. The first-order valence-corrected chi connectivity index (χ1v) is 7.95. The van der Waals surface area contributed by atoms with Gasteiger partial charge in [-0.3, -0.25) is 0 Å². The fraction of sp³-hybridized carbons (Fsp3) is 0.312. The molecule has 0 aliphatic rings. The van der Waals surface area contributed by atoms with Gasteiger partial charge in [-0.1, -0.05) is 19.1 Å². The average molecular weight is 298 g/mol. The molecule has 1 N–H and O–H groups in total. The van der Waals surface area contributed by atoms with Crippen LogP contribution in [0.1, 0.15) is 24.0 Å². The van der Waals surface area contributed by atoms with Gasteiger partial charge in [0.05, 0.1) is 21.1 Å². The number of anilines is 1. The molecule has 5 heteroatoms. The molecule has 21 heavy (non-hydrogen) atoms. The van der Waals surface area contributed by atoms with E-state index in [1.54, 1.807) is 11.3 Å². The maximum absolute atomic E-state index is 4.73. The lowest BCUT2D eigenvalue weighted by atomic mass is 10.2. The lowest BCUT2D eigenvalue weighted by molar-refractivity contribution is 0.970. The smallest absolute Gasteiger partial charge is 0.174 e. The van der Waals surface area contributed by atoms with E-state index in [4.69, 9.17) is 9.97 Å². The van der Waals surface area contributed by atoms with Crippen molar-refractivity contribution in [2.75, 3.05) is 11.9 Å². The summed E-state index contributed by atoms with van der Waals surface area (Å²) in [6.45, 7) is 7.07. The normalized spacial score (nSPS) is 11.0. The maximum Gasteiger partial charge on any atom is 0.174 e. The largest absolute Gasteiger partial charge is 0.369 e. The van der Waals surface area contributed by atoms with Crippen LogP contribution in [0.15, 0.2) is 24.3 Å². The highest BCUT2D eigenvalue weighted by Gasteiger charge is 2.13. The molecular formula is C16H18N4S. The van der Waals surface area contributed by atoms with E-state index >= 15 is 0 Å². The summed E-state index contributed by atoms with van der Waals surface area (Å²) < 4.78 is 0. The van der Waals surface area contributed by atoms with Crippen LogP contribution in [0.25, 0.3) is 21.6 Å². The summed E-state index contributed by atoms with van der Waals surface area (Å²) in [6, 6.07) is 8.11. The summed E-state index contributed by atoms with van der Waals surface area (Å²) in [7, 11) is 0. The van der Waals surface area contributed by atoms with Gasteiger partial charge in [0.15, 0.2) is 5.82 Å². The van der Waals surface area contributed by atoms with E-state index in [0.717, 1.165) is 51.1 Å². The molecule has 0 spiro atoms. The molecule has 1 aromatic carbocycles. The van der Waals surface area contributed by atoms with Crippen molar-refractivity contribution in [3.8, 4) is 10.7 Å². The van der Waals surface area contributed by atoms with Crippen molar-refractivity contribution in [1.82, 2.24) is 15.0 Å². The van der Waals surface area contributed by atoms with Crippen molar-refractivity contribution in [2.24, 2.45) is 0 Å². The standard InChI is InChI=1S/C16H18N4S/c1-4-9-17-15-12-7-5-6-8-13(12)19-16(20-15)14-10(2)18-11(3)21-14/h5-8H,4,9H2,1-3H3,(H,17,19,20). The first kappa shape index (κ1) is 13.9. The molecular weight excluding hydrogens is 280 g/mol. The van der Waals surface area contributed by atoms with Crippen molar-refractivity contribution in [2.45, 2.75) is 27.2 Å². The van der Waals surface area contributed by atoms with E-state index in [2.05, 4.69) is 23.3 Å². The predicted molar refractivity (Wildman–Crippen MR) is 88.9 cm³/mol. The van der Waals surface area contributed by atoms with Gasteiger partial charge in [-0.15, -0.1) is 11.3 Å². The Balaban J connectivity index is 2.17. The van der Waals surface area contributed by atoms with Gasteiger partial charge >= 0.3 is 0 Å². The number of aryl methyl sites for hydroxylation is 2. The molecule has 3 rings (SSSR count). The minimum absolute atomic E-state index is 0.760. The fourth-order valence-electron chi connectivity index (χ4n) is 2.30. The van der Waals surface area contributed by atoms with Gasteiger partial charge in [0.25, 0.3) is 0 Å². The number of benzene rings is 1. The number of hydrogen-bond acceptors (Lipinski definition) is 5. The molecule has 0 aliphatic heterocycles. The molecule has 0 radical (unpaired) electrons. The number of nitrogens with zero attached hydrogens (tertiary/aromatic N) is 3. The van der Waals surface area contributed by atoms with Gasteiger partial charge < -0.3 is 5.32 Å². The van der Waals surface area contributed by atoms with Gasteiger partial charge in [0.2, 0.25) is 0 Å². The summed E-state index contributed by atoms with van der Waals surface area (Å²) in [5.41, 5.74) is 1.96. The second-order valence-electron chi connectivity index (χ2n) is 4.99. The first-order valence-electron chi connectivity index (χ1n) is 7.14. The van der Waals surface area contributed by atoms with E-state index in [0.29, 0.717) is 0 Å². The zero-order valence-corrected chi connectivity index (χ0v) is 13.3. The SMILES string of the molecule is CCCNc1nc(-c2sc(C)nc2C)nc2ccccc12. The Bertz CT molecular complexity index is 779. The zero-order chi connectivity index (χ0) is 14.8. The van der Waals surface area contributed by atoms with Crippen LogP contribution in [0, 0.1) is 13.8 Å². The number of para-hydroxylation sites is 1. The molecule has 0 saturated heterocycles.